The Bertz CT molecular complexity index is 463. The molecule has 0 bridgehead atoms. The molecule has 124 valence electrons. The minimum Gasteiger partial charge on any atom is -0.492 e. The van der Waals surface area contributed by atoms with Crippen molar-refractivity contribution in [2.24, 2.45) is 0 Å². The van der Waals surface area contributed by atoms with E-state index in [1.165, 1.54) is 11.1 Å². The molecule has 0 aliphatic heterocycles. The molecule has 0 atom stereocenters. The number of carbonyl (C=O) groups is 2. The van der Waals surface area contributed by atoms with Crippen molar-refractivity contribution in [3.63, 3.8) is 0 Å². The van der Waals surface area contributed by atoms with E-state index >= 15 is 0 Å². The Morgan fingerprint density at radius 1 is 1.05 bits per heavy atom. The van der Waals surface area contributed by atoms with Gasteiger partial charge in [0.25, 0.3) is 0 Å². The van der Waals surface area contributed by atoms with Gasteiger partial charge in [0, 0.05) is 20.2 Å². The third kappa shape index (κ3) is 9.73. The fourth-order valence-electron chi connectivity index (χ4n) is 1.34. The lowest BCUT2D eigenvalue weighted by molar-refractivity contribution is -0.159. The number of aliphatic carboxylic acids is 2. The van der Waals surface area contributed by atoms with Gasteiger partial charge in [0.05, 0.1) is 6.61 Å². The van der Waals surface area contributed by atoms with E-state index in [1.54, 1.807) is 7.11 Å². The van der Waals surface area contributed by atoms with Crippen LogP contribution in [0.1, 0.15) is 11.1 Å². The molecule has 0 aromatic heterocycles. The number of carboxylic acid groups (broad SMARTS) is 2. The van der Waals surface area contributed by atoms with E-state index in [1.807, 2.05) is 6.07 Å². The van der Waals surface area contributed by atoms with Gasteiger partial charge in [-0.25, -0.2) is 9.59 Å². The Hall–Kier alpha value is -2.12. The Morgan fingerprint density at radius 3 is 2.14 bits per heavy atom. The summed E-state index contributed by atoms with van der Waals surface area (Å²) >= 11 is 0. The molecule has 1 aromatic rings. The first-order valence-corrected chi connectivity index (χ1v) is 6.74. The summed E-state index contributed by atoms with van der Waals surface area (Å²) in [6.45, 7) is 7.34. The zero-order valence-electron chi connectivity index (χ0n) is 13.1. The van der Waals surface area contributed by atoms with Gasteiger partial charge >= 0.3 is 11.9 Å². The molecule has 0 saturated heterocycles. The molecule has 1 rings (SSSR count). The molecule has 1 aromatic carbocycles. The number of rotatable bonds is 7. The number of ether oxygens (including phenoxy) is 2. The molecule has 0 aliphatic carbocycles. The quantitative estimate of drug-likeness (QED) is 0.511. The average molecular weight is 313 g/mol. The van der Waals surface area contributed by atoms with Crippen molar-refractivity contribution < 1.29 is 29.3 Å². The van der Waals surface area contributed by atoms with Crippen LogP contribution in [0.25, 0.3) is 0 Å². The van der Waals surface area contributed by atoms with Crippen LogP contribution in [0.3, 0.4) is 0 Å². The second kappa shape index (κ2) is 11.5. The van der Waals surface area contributed by atoms with Crippen LogP contribution in [0.5, 0.6) is 5.75 Å². The van der Waals surface area contributed by atoms with E-state index in [0.29, 0.717) is 6.61 Å². The lowest BCUT2D eigenvalue weighted by Gasteiger charge is -2.09. The Labute approximate surface area is 129 Å². The molecule has 7 nitrogen and oxygen atoms in total. The third-order valence-corrected chi connectivity index (χ3v) is 2.69. The van der Waals surface area contributed by atoms with E-state index in [-0.39, 0.29) is 0 Å². The van der Waals surface area contributed by atoms with Gasteiger partial charge in [-0.15, -0.1) is 0 Å². The van der Waals surface area contributed by atoms with Gasteiger partial charge in [0.1, 0.15) is 12.4 Å². The fourth-order valence-corrected chi connectivity index (χ4v) is 1.34. The maximum absolute atomic E-state index is 9.10. The van der Waals surface area contributed by atoms with Gasteiger partial charge in [0.2, 0.25) is 0 Å². The first-order chi connectivity index (χ1) is 10.4. The smallest absolute Gasteiger partial charge is 0.414 e. The molecule has 0 saturated carbocycles. The molecule has 0 aliphatic rings. The summed E-state index contributed by atoms with van der Waals surface area (Å²) in [4.78, 5) is 18.2. The van der Waals surface area contributed by atoms with E-state index in [4.69, 9.17) is 29.3 Å². The zero-order chi connectivity index (χ0) is 17.0. The maximum Gasteiger partial charge on any atom is 0.414 e. The monoisotopic (exact) mass is 313 g/mol. The molecular formula is C15H23NO6. The largest absolute Gasteiger partial charge is 0.492 e. The van der Waals surface area contributed by atoms with Crippen LogP contribution in [0, 0.1) is 13.8 Å². The summed E-state index contributed by atoms with van der Waals surface area (Å²) in [7, 11) is 1.70. The van der Waals surface area contributed by atoms with Crippen LogP contribution in [0.15, 0.2) is 18.2 Å². The molecule has 0 unspecified atom stereocenters. The third-order valence-electron chi connectivity index (χ3n) is 2.69. The lowest BCUT2D eigenvalue weighted by atomic mass is 10.1. The molecule has 3 N–H and O–H groups in total. The van der Waals surface area contributed by atoms with Crippen LogP contribution in [0.2, 0.25) is 0 Å². The Morgan fingerprint density at radius 2 is 1.64 bits per heavy atom. The van der Waals surface area contributed by atoms with Gasteiger partial charge in [0.15, 0.2) is 0 Å². The number of hydrogen-bond acceptors (Lipinski definition) is 5. The highest BCUT2D eigenvalue weighted by atomic mass is 16.5. The Kier molecular flexibility index (Phi) is 10.4. The number of aryl methyl sites for hydroxylation is 2. The molecule has 22 heavy (non-hydrogen) atoms. The Balaban J connectivity index is 0.000000626. The molecule has 0 heterocycles. The summed E-state index contributed by atoms with van der Waals surface area (Å²) in [5, 5.41) is 18.0. The van der Waals surface area contributed by atoms with Crippen molar-refractivity contribution in [2.45, 2.75) is 13.8 Å². The van der Waals surface area contributed by atoms with Crippen molar-refractivity contribution >= 4 is 11.9 Å². The van der Waals surface area contributed by atoms with E-state index in [0.717, 1.165) is 25.4 Å². The highest BCUT2D eigenvalue weighted by molar-refractivity contribution is 6.27. The summed E-state index contributed by atoms with van der Waals surface area (Å²) in [5.41, 5.74) is 2.57. The number of hydrogen-bond donors (Lipinski definition) is 3. The number of nitrogens with one attached hydrogen (secondary N) is 1. The second-order valence-electron chi connectivity index (χ2n) is 4.45. The summed E-state index contributed by atoms with van der Waals surface area (Å²) in [5.74, 6) is -2.71. The number of methoxy groups -OCH3 is 1. The van der Waals surface area contributed by atoms with E-state index in [9.17, 15) is 0 Å². The van der Waals surface area contributed by atoms with Crippen LogP contribution in [-0.4, -0.2) is 55.6 Å². The number of carboxylic acids is 2. The summed E-state index contributed by atoms with van der Waals surface area (Å²) in [6.07, 6.45) is 0. The van der Waals surface area contributed by atoms with Gasteiger partial charge in [-0.2, -0.15) is 0 Å². The zero-order valence-corrected chi connectivity index (χ0v) is 13.1. The second-order valence-corrected chi connectivity index (χ2v) is 4.45. The van der Waals surface area contributed by atoms with Gasteiger partial charge in [-0.3, -0.25) is 0 Å². The van der Waals surface area contributed by atoms with Crippen molar-refractivity contribution in [1.29, 1.82) is 0 Å². The van der Waals surface area contributed by atoms with Crippen LogP contribution in [0.4, 0.5) is 0 Å². The van der Waals surface area contributed by atoms with Crippen LogP contribution < -0.4 is 10.1 Å². The summed E-state index contributed by atoms with van der Waals surface area (Å²) < 4.78 is 10.6. The summed E-state index contributed by atoms with van der Waals surface area (Å²) in [6, 6.07) is 6.17. The SMILES string of the molecule is COCCNCCOc1ccc(C)c(C)c1.O=C(O)C(=O)O. The van der Waals surface area contributed by atoms with Crippen LogP contribution >= 0.6 is 0 Å². The number of benzene rings is 1. The van der Waals surface area contributed by atoms with E-state index in [2.05, 4.69) is 31.3 Å². The minimum atomic E-state index is -1.82. The predicted molar refractivity (Wildman–Crippen MR) is 81.4 cm³/mol. The maximum atomic E-state index is 9.10. The average Bonchev–Trinajstić information content (AvgIpc) is 2.47. The van der Waals surface area contributed by atoms with Crippen LogP contribution in [-0.2, 0) is 14.3 Å². The van der Waals surface area contributed by atoms with Crippen molar-refractivity contribution in [1.82, 2.24) is 5.32 Å². The molecule has 0 spiro atoms. The molecule has 0 amide bonds. The normalized spacial score (nSPS) is 9.59. The van der Waals surface area contributed by atoms with E-state index < -0.39 is 11.9 Å². The fraction of sp³-hybridized carbons (Fsp3) is 0.467. The van der Waals surface area contributed by atoms with Gasteiger partial charge in [-0.1, -0.05) is 6.07 Å². The molecule has 0 radical (unpaired) electrons. The van der Waals surface area contributed by atoms with Crippen molar-refractivity contribution in [3.8, 4) is 5.75 Å². The molecule has 0 fully saturated rings. The first kappa shape index (κ1) is 19.9. The predicted octanol–water partition coefficient (Wildman–Crippen LogP) is 1.07. The topological polar surface area (TPSA) is 105 Å². The highest BCUT2D eigenvalue weighted by Crippen LogP contribution is 2.15. The highest BCUT2D eigenvalue weighted by Gasteiger charge is 2.04. The minimum absolute atomic E-state index is 0.687. The molecule has 7 heteroatoms. The van der Waals surface area contributed by atoms with Gasteiger partial charge < -0.3 is 25.0 Å². The van der Waals surface area contributed by atoms with Crippen molar-refractivity contribution in [2.75, 3.05) is 33.4 Å². The van der Waals surface area contributed by atoms with Crippen molar-refractivity contribution in [3.05, 3.63) is 29.3 Å². The standard InChI is InChI=1S/C13H21NO2.C2H2O4/c1-11-4-5-13(10-12(11)2)16-9-7-14-6-8-15-3;3-1(4)2(5)6/h4-5,10,14H,6-9H2,1-3H3;(H,3,4)(H,5,6). The van der Waals surface area contributed by atoms with Gasteiger partial charge in [-0.05, 0) is 37.1 Å². The molecular weight excluding hydrogens is 290 g/mol. The lowest BCUT2D eigenvalue weighted by Crippen LogP contribution is -2.24. The first-order valence-electron chi connectivity index (χ1n) is 6.74.